The zero-order chi connectivity index (χ0) is 17.1. The van der Waals surface area contributed by atoms with E-state index in [1.54, 1.807) is 23.2 Å². The van der Waals surface area contributed by atoms with Crippen LogP contribution in [0.4, 0.5) is 10.5 Å². The number of carbonyl (C=O) groups is 2. The first-order chi connectivity index (χ1) is 11.5. The van der Waals surface area contributed by atoms with Crippen LogP contribution in [0.25, 0.3) is 0 Å². The third-order valence-electron chi connectivity index (χ3n) is 4.03. The predicted molar refractivity (Wildman–Crippen MR) is 92.1 cm³/mol. The minimum Gasteiger partial charge on any atom is -0.348 e. The summed E-state index contributed by atoms with van der Waals surface area (Å²) in [5, 5.41) is 5.68. The van der Waals surface area contributed by atoms with Crippen molar-refractivity contribution in [1.29, 1.82) is 0 Å². The van der Waals surface area contributed by atoms with E-state index >= 15 is 0 Å². The molecular formula is C18H20N4O2. The molecule has 2 heterocycles. The molecule has 0 radical (unpaired) electrons. The van der Waals surface area contributed by atoms with E-state index in [1.165, 1.54) is 0 Å². The summed E-state index contributed by atoms with van der Waals surface area (Å²) in [5.41, 5.74) is 4.20. The summed E-state index contributed by atoms with van der Waals surface area (Å²) in [7, 11) is 0. The van der Waals surface area contributed by atoms with Crippen LogP contribution in [0.5, 0.6) is 0 Å². The van der Waals surface area contributed by atoms with Crippen LogP contribution in [-0.4, -0.2) is 30.0 Å². The standard InChI is InChI=1S/C18H20N4O2/c1-12-3-4-15(10-16(12)22-8-7-20-18(22)24)17(23)21-11-14-5-6-19-13(2)9-14/h3-6,9-10H,7-8,11H2,1-2H3,(H,20,24)(H,21,23). The zero-order valence-electron chi connectivity index (χ0n) is 13.8. The van der Waals surface area contributed by atoms with Gasteiger partial charge in [0.15, 0.2) is 0 Å². The molecule has 1 aliphatic heterocycles. The van der Waals surface area contributed by atoms with Crippen LogP contribution in [0.3, 0.4) is 0 Å². The molecule has 124 valence electrons. The molecule has 0 atom stereocenters. The van der Waals surface area contributed by atoms with E-state index in [0.29, 0.717) is 25.2 Å². The largest absolute Gasteiger partial charge is 0.348 e. The van der Waals surface area contributed by atoms with Crippen molar-refractivity contribution in [2.75, 3.05) is 18.0 Å². The molecule has 2 aromatic rings. The number of carbonyl (C=O) groups excluding carboxylic acids is 2. The molecule has 0 spiro atoms. The molecule has 1 fully saturated rings. The molecule has 0 bridgehead atoms. The van der Waals surface area contributed by atoms with Gasteiger partial charge in [0.05, 0.1) is 0 Å². The van der Waals surface area contributed by atoms with Crippen molar-refractivity contribution < 1.29 is 9.59 Å². The predicted octanol–water partition coefficient (Wildman–Crippen LogP) is 2.16. The summed E-state index contributed by atoms with van der Waals surface area (Å²) in [6, 6.07) is 9.11. The first-order valence-corrected chi connectivity index (χ1v) is 7.90. The molecule has 1 saturated heterocycles. The second kappa shape index (κ2) is 6.70. The Labute approximate surface area is 140 Å². The average molecular weight is 324 g/mol. The average Bonchev–Trinajstić information content (AvgIpc) is 2.99. The number of aryl methyl sites for hydroxylation is 2. The lowest BCUT2D eigenvalue weighted by atomic mass is 10.1. The maximum Gasteiger partial charge on any atom is 0.322 e. The van der Waals surface area contributed by atoms with E-state index in [-0.39, 0.29) is 11.9 Å². The Kier molecular flexibility index (Phi) is 4.46. The number of benzene rings is 1. The molecule has 3 amide bonds. The molecule has 2 N–H and O–H groups in total. The minimum atomic E-state index is -0.162. The lowest BCUT2D eigenvalue weighted by Gasteiger charge is -2.18. The Hall–Kier alpha value is -2.89. The van der Waals surface area contributed by atoms with Crippen LogP contribution in [0.2, 0.25) is 0 Å². The Morgan fingerprint density at radius 3 is 2.83 bits per heavy atom. The first kappa shape index (κ1) is 16.0. The lowest BCUT2D eigenvalue weighted by Crippen LogP contribution is -2.29. The summed E-state index contributed by atoms with van der Waals surface area (Å²) in [6.45, 7) is 5.52. The van der Waals surface area contributed by atoms with Gasteiger partial charge in [-0.05, 0) is 49.2 Å². The van der Waals surface area contributed by atoms with E-state index < -0.39 is 0 Å². The Balaban J connectivity index is 1.74. The number of rotatable bonds is 4. The maximum absolute atomic E-state index is 12.4. The Morgan fingerprint density at radius 1 is 1.29 bits per heavy atom. The number of nitrogens with zero attached hydrogens (tertiary/aromatic N) is 2. The van der Waals surface area contributed by atoms with Gasteiger partial charge in [-0.3, -0.25) is 14.7 Å². The number of anilines is 1. The smallest absolute Gasteiger partial charge is 0.322 e. The number of amides is 3. The van der Waals surface area contributed by atoms with E-state index in [4.69, 9.17) is 0 Å². The first-order valence-electron chi connectivity index (χ1n) is 7.90. The van der Waals surface area contributed by atoms with Gasteiger partial charge in [0.1, 0.15) is 0 Å². The Bertz CT molecular complexity index is 788. The second-order valence-electron chi connectivity index (χ2n) is 5.87. The number of urea groups is 1. The summed E-state index contributed by atoms with van der Waals surface area (Å²) in [4.78, 5) is 30.1. The minimum absolute atomic E-state index is 0.122. The number of nitrogens with one attached hydrogen (secondary N) is 2. The molecule has 1 aromatic heterocycles. The van der Waals surface area contributed by atoms with Gasteiger partial charge in [-0.15, -0.1) is 0 Å². The highest BCUT2D eigenvalue weighted by Crippen LogP contribution is 2.23. The molecule has 0 unspecified atom stereocenters. The highest BCUT2D eigenvalue weighted by atomic mass is 16.2. The van der Waals surface area contributed by atoms with E-state index in [9.17, 15) is 9.59 Å². The lowest BCUT2D eigenvalue weighted by molar-refractivity contribution is 0.0951. The number of aromatic nitrogens is 1. The van der Waals surface area contributed by atoms with Gasteiger partial charge in [0, 0.05) is 42.8 Å². The highest BCUT2D eigenvalue weighted by molar-refractivity contribution is 5.99. The SMILES string of the molecule is Cc1cc(CNC(=O)c2ccc(C)c(N3CCNC3=O)c2)ccn1. The van der Waals surface area contributed by atoms with Crippen molar-refractivity contribution in [2.24, 2.45) is 0 Å². The maximum atomic E-state index is 12.4. The molecule has 1 aliphatic rings. The molecular weight excluding hydrogens is 304 g/mol. The molecule has 24 heavy (non-hydrogen) atoms. The van der Waals surface area contributed by atoms with Crippen LogP contribution < -0.4 is 15.5 Å². The molecule has 3 rings (SSSR count). The van der Waals surface area contributed by atoms with Crippen LogP contribution in [-0.2, 0) is 6.54 Å². The molecule has 6 heteroatoms. The van der Waals surface area contributed by atoms with Gasteiger partial charge in [-0.2, -0.15) is 0 Å². The quantitative estimate of drug-likeness (QED) is 0.905. The van der Waals surface area contributed by atoms with Crippen LogP contribution >= 0.6 is 0 Å². The van der Waals surface area contributed by atoms with Crippen molar-refractivity contribution in [1.82, 2.24) is 15.6 Å². The molecule has 0 aliphatic carbocycles. The van der Waals surface area contributed by atoms with Gasteiger partial charge in [-0.1, -0.05) is 6.07 Å². The van der Waals surface area contributed by atoms with Crippen molar-refractivity contribution in [3.05, 3.63) is 58.9 Å². The van der Waals surface area contributed by atoms with Crippen molar-refractivity contribution in [3.63, 3.8) is 0 Å². The fourth-order valence-corrected chi connectivity index (χ4v) is 2.74. The summed E-state index contributed by atoms with van der Waals surface area (Å²) in [5.74, 6) is -0.162. The normalized spacial score (nSPS) is 13.8. The van der Waals surface area contributed by atoms with Gasteiger partial charge in [0.25, 0.3) is 5.91 Å². The van der Waals surface area contributed by atoms with E-state index in [2.05, 4.69) is 15.6 Å². The number of hydrogen-bond acceptors (Lipinski definition) is 3. The van der Waals surface area contributed by atoms with Crippen molar-refractivity contribution >= 4 is 17.6 Å². The van der Waals surface area contributed by atoms with Crippen LogP contribution in [0, 0.1) is 13.8 Å². The van der Waals surface area contributed by atoms with Crippen LogP contribution in [0.15, 0.2) is 36.5 Å². The summed E-state index contributed by atoms with van der Waals surface area (Å²) >= 11 is 0. The van der Waals surface area contributed by atoms with Gasteiger partial charge >= 0.3 is 6.03 Å². The highest BCUT2D eigenvalue weighted by Gasteiger charge is 2.23. The topological polar surface area (TPSA) is 74.3 Å². The fourth-order valence-electron chi connectivity index (χ4n) is 2.74. The third-order valence-corrected chi connectivity index (χ3v) is 4.03. The third kappa shape index (κ3) is 3.37. The van der Waals surface area contributed by atoms with Crippen molar-refractivity contribution in [2.45, 2.75) is 20.4 Å². The summed E-state index contributed by atoms with van der Waals surface area (Å²) in [6.07, 6.45) is 1.73. The molecule has 0 saturated carbocycles. The fraction of sp³-hybridized carbons (Fsp3) is 0.278. The zero-order valence-corrected chi connectivity index (χ0v) is 13.8. The summed E-state index contributed by atoms with van der Waals surface area (Å²) < 4.78 is 0. The molecule has 6 nitrogen and oxygen atoms in total. The number of pyridine rings is 1. The second-order valence-corrected chi connectivity index (χ2v) is 5.87. The van der Waals surface area contributed by atoms with Gasteiger partial charge in [-0.25, -0.2) is 4.79 Å². The van der Waals surface area contributed by atoms with E-state index in [0.717, 1.165) is 22.5 Å². The van der Waals surface area contributed by atoms with Crippen LogP contribution in [0.1, 0.15) is 27.2 Å². The monoisotopic (exact) mass is 324 g/mol. The van der Waals surface area contributed by atoms with Crippen molar-refractivity contribution in [3.8, 4) is 0 Å². The number of hydrogen-bond donors (Lipinski definition) is 2. The molecule has 1 aromatic carbocycles. The van der Waals surface area contributed by atoms with Gasteiger partial charge < -0.3 is 10.6 Å². The Morgan fingerprint density at radius 2 is 2.12 bits per heavy atom. The van der Waals surface area contributed by atoms with Gasteiger partial charge in [0.2, 0.25) is 0 Å². The van der Waals surface area contributed by atoms with E-state index in [1.807, 2.05) is 32.0 Å².